The van der Waals surface area contributed by atoms with Gasteiger partial charge in [0, 0.05) is 29.9 Å². The Kier molecular flexibility index (Phi) is 3.84. The molecular weight excluding hydrogens is 290 g/mol. The summed E-state index contributed by atoms with van der Waals surface area (Å²) in [6.45, 7) is 6.88. The Morgan fingerprint density at radius 3 is 2.30 bits per heavy atom. The molecule has 0 aliphatic carbocycles. The van der Waals surface area contributed by atoms with Crippen LogP contribution in [0.25, 0.3) is 11.1 Å². The Morgan fingerprint density at radius 2 is 1.70 bits per heavy atom. The van der Waals surface area contributed by atoms with Gasteiger partial charge >= 0.3 is 0 Å². The second-order valence-electron chi connectivity index (χ2n) is 6.67. The molecule has 1 aliphatic heterocycles. The van der Waals surface area contributed by atoms with Gasteiger partial charge in [-0.05, 0) is 29.2 Å². The van der Waals surface area contributed by atoms with Crippen molar-refractivity contribution in [3.63, 3.8) is 0 Å². The summed E-state index contributed by atoms with van der Waals surface area (Å²) in [4.78, 5) is 0. The Hall–Kier alpha value is -2.36. The van der Waals surface area contributed by atoms with Gasteiger partial charge in [0.1, 0.15) is 5.75 Å². The van der Waals surface area contributed by atoms with E-state index in [2.05, 4.69) is 38.2 Å². The van der Waals surface area contributed by atoms with E-state index < -0.39 is 0 Å². The van der Waals surface area contributed by atoms with Gasteiger partial charge in [-0.25, -0.2) is 0 Å². The lowest BCUT2D eigenvalue weighted by molar-refractivity contribution is 0.174. The van der Waals surface area contributed by atoms with Crippen LogP contribution in [0.1, 0.15) is 26.3 Å². The molecule has 4 nitrogen and oxygen atoms in total. The third kappa shape index (κ3) is 2.81. The van der Waals surface area contributed by atoms with Crippen LogP contribution in [0, 0.1) is 0 Å². The molecule has 0 amide bonds. The number of anilines is 1. The molecule has 2 aromatic carbocycles. The monoisotopic (exact) mass is 313 g/mol. The Balaban J connectivity index is 2.21. The quantitative estimate of drug-likeness (QED) is 0.910. The van der Waals surface area contributed by atoms with Crippen molar-refractivity contribution in [1.29, 1.82) is 0 Å². The summed E-state index contributed by atoms with van der Waals surface area (Å²) < 4.78 is 16.6. The number of methoxy groups -OCH3 is 1. The van der Waals surface area contributed by atoms with E-state index in [-0.39, 0.29) is 12.2 Å². The maximum Gasteiger partial charge on any atom is 0.231 e. The van der Waals surface area contributed by atoms with Gasteiger partial charge in [-0.2, -0.15) is 0 Å². The van der Waals surface area contributed by atoms with Crippen LogP contribution in [0.5, 0.6) is 17.2 Å². The van der Waals surface area contributed by atoms with Crippen LogP contribution in [0.15, 0.2) is 30.3 Å². The number of benzene rings is 2. The van der Waals surface area contributed by atoms with Gasteiger partial charge < -0.3 is 19.5 Å². The zero-order chi connectivity index (χ0) is 16.6. The fraction of sp³-hybridized carbons (Fsp3) is 0.368. The predicted molar refractivity (Wildman–Crippen MR) is 92.8 cm³/mol. The number of hydrogen-bond donors (Lipinski definition) is 1. The summed E-state index contributed by atoms with van der Waals surface area (Å²) in [5.74, 6) is 2.37. The smallest absolute Gasteiger partial charge is 0.231 e. The molecule has 0 saturated heterocycles. The molecule has 0 fully saturated rings. The van der Waals surface area contributed by atoms with E-state index in [1.54, 1.807) is 7.11 Å². The molecule has 1 heterocycles. The summed E-state index contributed by atoms with van der Waals surface area (Å²) in [5, 5.41) is 3.24. The van der Waals surface area contributed by atoms with Crippen LogP contribution in [0.4, 0.5) is 5.69 Å². The average molecular weight is 313 g/mol. The van der Waals surface area contributed by atoms with Crippen LogP contribution >= 0.6 is 0 Å². The minimum atomic E-state index is 0.0666. The van der Waals surface area contributed by atoms with E-state index in [1.807, 2.05) is 25.2 Å². The standard InChI is InChI=1S/C19H23NO3/c1-19(2,3)12-6-7-16(21-5)14(8-12)13-9-17-18(23-11-22-17)10-15(13)20-4/h6-10,20H,11H2,1-5H3. The Morgan fingerprint density at radius 1 is 1.00 bits per heavy atom. The lowest BCUT2D eigenvalue weighted by Crippen LogP contribution is -2.11. The second-order valence-corrected chi connectivity index (χ2v) is 6.67. The molecule has 0 bridgehead atoms. The first-order chi connectivity index (χ1) is 10.9. The minimum absolute atomic E-state index is 0.0666. The molecule has 2 aromatic rings. The average Bonchev–Trinajstić information content (AvgIpc) is 2.99. The van der Waals surface area contributed by atoms with E-state index in [9.17, 15) is 0 Å². The summed E-state index contributed by atoms with van der Waals surface area (Å²) in [6, 6.07) is 10.3. The topological polar surface area (TPSA) is 39.7 Å². The van der Waals surface area contributed by atoms with Crippen molar-refractivity contribution in [3.05, 3.63) is 35.9 Å². The third-order valence-corrected chi connectivity index (χ3v) is 4.14. The van der Waals surface area contributed by atoms with Gasteiger partial charge in [0.15, 0.2) is 11.5 Å². The number of ether oxygens (including phenoxy) is 3. The van der Waals surface area contributed by atoms with Gasteiger partial charge in [0.05, 0.1) is 7.11 Å². The summed E-state index contributed by atoms with van der Waals surface area (Å²) in [7, 11) is 3.60. The Labute approximate surface area is 137 Å². The maximum atomic E-state index is 5.59. The molecule has 3 rings (SSSR count). The SMILES string of the molecule is CNc1cc2c(cc1-c1cc(C(C)(C)C)ccc1OC)OCO2. The normalized spacial score (nSPS) is 13.1. The van der Waals surface area contributed by atoms with E-state index >= 15 is 0 Å². The molecule has 23 heavy (non-hydrogen) atoms. The molecule has 0 spiro atoms. The van der Waals surface area contributed by atoms with E-state index in [0.29, 0.717) is 0 Å². The zero-order valence-electron chi connectivity index (χ0n) is 14.3. The molecular formula is C19H23NO3. The summed E-state index contributed by atoms with van der Waals surface area (Å²) in [5.41, 5.74) is 4.39. The predicted octanol–water partition coefficient (Wildman–Crippen LogP) is 4.43. The molecule has 0 atom stereocenters. The number of hydrogen-bond acceptors (Lipinski definition) is 4. The van der Waals surface area contributed by atoms with Crippen molar-refractivity contribution in [2.75, 3.05) is 26.3 Å². The van der Waals surface area contributed by atoms with Crippen LogP contribution in [0.2, 0.25) is 0 Å². The highest BCUT2D eigenvalue weighted by Gasteiger charge is 2.21. The van der Waals surface area contributed by atoms with Crippen molar-refractivity contribution in [2.45, 2.75) is 26.2 Å². The van der Waals surface area contributed by atoms with Gasteiger partial charge in [-0.1, -0.05) is 26.8 Å². The Bertz CT molecular complexity index is 732. The number of rotatable bonds is 3. The van der Waals surface area contributed by atoms with Crippen molar-refractivity contribution in [1.82, 2.24) is 0 Å². The van der Waals surface area contributed by atoms with Gasteiger partial charge in [-0.3, -0.25) is 0 Å². The highest BCUT2D eigenvalue weighted by atomic mass is 16.7. The fourth-order valence-electron chi connectivity index (χ4n) is 2.76. The van der Waals surface area contributed by atoms with Gasteiger partial charge in [-0.15, -0.1) is 0 Å². The first-order valence-corrected chi connectivity index (χ1v) is 7.74. The maximum absolute atomic E-state index is 5.59. The summed E-state index contributed by atoms with van der Waals surface area (Å²) in [6.07, 6.45) is 0. The lowest BCUT2D eigenvalue weighted by Gasteiger charge is -2.22. The largest absolute Gasteiger partial charge is 0.496 e. The number of nitrogens with one attached hydrogen (secondary N) is 1. The molecule has 0 radical (unpaired) electrons. The molecule has 0 saturated carbocycles. The van der Waals surface area contributed by atoms with Crippen LogP contribution in [0.3, 0.4) is 0 Å². The first-order valence-electron chi connectivity index (χ1n) is 7.74. The van der Waals surface area contributed by atoms with E-state index in [1.165, 1.54) is 5.56 Å². The van der Waals surface area contributed by atoms with Crippen molar-refractivity contribution >= 4 is 5.69 Å². The summed E-state index contributed by atoms with van der Waals surface area (Å²) >= 11 is 0. The highest BCUT2D eigenvalue weighted by molar-refractivity contribution is 5.85. The molecule has 1 N–H and O–H groups in total. The minimum Gasteiger partial charge on any atom is -0.496 e. The molecule has 0 unspecified atom stereocenters. The van der Waals surface area contributed by atoms with Crippen LogP contribution < -0.4 is 19.5 Å². The van der Waals surface area contributed by atoms with E-state index in [4.69, 9.17) is 14.2 Å². The second kappa shape index (κ2) is 5.69. The zero-order valence-corrected chi connectivity index (χ0v) is 14.3. The molecule has 0 aromatic heterocycles. The molecule has 4 heteroatoms. The third-order valence-electron chi connectivity index (χ3n) is 4.14. The van der Waals surface area contributed by atoms with E-state index in [0.717, 1.165) is 34.1 Å². The fourth-order valence-corrected chi connectivity index (χ4v) is 2.76. The number of fused-ring (bicyclic) bond motifs is 1. The molecule has 122 valence electrons. The van der Waals surface area contributed by atoms with Crippen molar-refractivity contribution in [3.8, 4) is 28.4 Å². The first kappa shape index (κ1) is 15.5. The highest BCUT2D eigenvalue weighted by Crippen LogP contribution is 2.44. The lowest BCUT2D eigenvalue weighted by atomic mass is 9.85. The van der Waals surface area contributed by atoms with Crippen molar-refractivity contribution < 1.29 is 14.2 Å². The molecule has 1 aliphatic rings. The van der Waals surface area contributed by atoms with Crippen LogP contribution in [-0.2, 0) is 5.41 Å². The van der Waals surface area contributed by atoms with Crippen molar-refractivity contribution in [2.24, 2.45) is 0 Å². The van der Waals surface area contributed by atoms with Crippen LogP contribution in [-0.4, -0.2) is 21.0 Å². The van der Waals surface area contributed by atoms with Gasteiger partial charge in [0.25, 0.3) is 0 Å². The van der Waals surface area contributed by atoms with Gasteiger partial charge in [0.2, 0.25) is 6.79 Å².